The zero-order valence-corrected chi connectivity index (χ0v) is 29.7. The summed E-state index contributed by atoms with van der Waals surface area (Å²) in [6.45, 7) is -0.384. The van der Waals surface area contributed by atoms with Crippen LogP contribution >= 0.6 is 0 Å². The second-order valence-corrected chi connectivity index (χ2v) is 16.3. The maximum atomic E-state index is 14.0. The number of aromatic nitrogens is 3. The number of aromatic hydroxyl groups is 1. The van der Waals surface area contributed by atoms with Gasteiger partial charge in [0.1, 0.15) is 21.2 Å². The molecule has 0 aliphatic carbocycles. The molecule has 5 rings (SSSR count). The van der Waals surface area contributed by atoms with Crippen molar-refractivity contribution in [2.24, 2.45) is 20.5 Å². The van der Waals surface area contributed by atoms with Crippen LogP contribution in [-0.4, -0.2) is 84.2 Å². The number of nitrogens with zero attached hydrogens (tertiary/aromatic N) is 7. The molecular formula is C27H22FN9O13S4. The molecule has 0 amide bonds. The van der Waals surface area contributed by atoms with Gasteiger partial charge in [-0.1, -0.05) is 0 Å². The average molecular weight is 828 g/mol. The monoisotopic (exact) mass is 827 g/mol. The Kier molecular flexibility index (Phi) is 11.0. The third kappa shape index (κ3) is 10.0. The molecular weight excluding hydrogens is 806 g/mol. The molecule has 0 saturated carbocycles. The molecule has 0 atom stereocenters. The largest absolute Gasteiger partial charge is 0.505 e. The molecule has 0 aliphatic heterocycles. The first kappa shape index (κ1) is 39.5. The van der Waals surface area contributed by atoms with Gasteiger partial charge in [-0.05, 0) is 72.1 Å². The Morgan fingerprint density at radius 3 is 1.91 bits per heavy atom. The van der Waals surface area contributed by atoms with Gasteiger partial charge in [-0.3, -0.25) is 18.2 Å². The van der Waals surface area contributed by atoms with E-state index in [-0.39, 0.29) is 34.4 Å². The molecule has 22 nitrogen and oxygen atoms in total. The van der Waals surface area contributed by atoms with Crippen molar-refractivity contribution in [3.63, 3.8) is 0 Å². The van der Waals surface area contributed by atoms with Crippen molar-refractivity contribution < 1.29 is 61.4 Å². The van der Waals surface area contributed by atoms with Crippen LogP contribution in [0.5, 0.6) is 5.75 Å². The highest BCUT2D eigenvalue weighted by molar-refractivity contribution is 7.86. The minimum absolute atomic E-state index is 0.0499. The van der Waals surface area contributed by atoms with Gasteiger partial charge in [-0.25, -0.2) is 0 Å². The van der Waals surface area contributed by atoms with Crippen LogP contribution in [0.15, 0.2) is 102 Å². The topological polar surface area (TPSA) is 350 Å². The van der Waals surface area contributed by atoms with Crippen molar-refractivity contribution in [1.29, 1.82) is 0 Å². The number of phenols is 1. The molecule has 0 fully saturated rings. The number of nitrogens with one attached hydrogen (secondary N) is 2. The summed E-state index contributed by atoms with van der Waals surface area (Å²) in [5.74, 6) is -2.40. The van der Waals surface area contributed by atoms with E-state index in [0.29, 0.717) is 0 Å². The van der Waals surface area contributed by atoms with Crippen LogP contribution in [0.2, 0.25) is 0 Å². The van der Waals surface area contributed by atoms with Gasteiger partial charge in [0, 0.05) is 17.6 Å². The molecule has 0 aliphatic rings. The standard InChI is InChI=1S/C27H22FN9O13S4/c28-25-31-26(29-9-10-51(39,40)41)33-27(32-25)30-16-3-7-19-14(11-16)12-22(54(48,49)50)23(24(19)38)37-36-20-8-4-17(13-21(20)53(45,46)47)35-34-15-1-5-18(6-2-15)52(42,43)44/h1-8,11-13,38H,9-10H2,(H,39,40,41)(H,42,43,44)(H,45,46,47)(H,48,49,50)(H2,29,30,31,32,33). The summed E-state index contributed by atoms with van der Waals surface area (Å²) in [5, 5.41) is 30.8. The third-order valence-corrected chi connectivity index (χ3v) is 10.1. The summed E-state index contributed by atoms with van der Waals surface area (Å²) in [6, 6.07) is 12.0. The second kappa shape index (κ2) is 15.0. The molecule has 1 aromatic heterocycles. The van der Waals surface area contributed by atoms with E-state index in [1.165, 1.54) is 30.3 Å². The number of azo groups is 2. The van der Waals surface area contributed by atoms with Crippen LogP contribution < -0.4 is 10.6 Å². The Labute approximate surface area is 303 Å². The van der Waals surface area contributed by atoms with E-state index in [0.717, 1.165) is 36.4 Å². The van der Waals surface area contributed by atoms with Crippen molar-refractivity contribution in [3.8, 4) is 5.75 Å². The van der Waals surface area contributed by atoms with Crippen molar-refractivity contribution in [1.82, 2.24) is 15.0 Å². The Morgan fingerprint density at radius 2 is 1.28 bits per heavy atom. The first-order valence-corrected chi connectivity index (χ1v) is 20.2. The molecule has 4 aromatic carbocycles. The Hall–Kier alpha value is -5.68. The fourth-order valence-electron chi connectivity index (χ4n) is 4.39. The van der Waals surface area contributed by atoms with Gasteiger partial charge in [0.25, 0.3) is 40.5 Å². The number of benzene rings is 4. The van der Waals surface area contributed by atoms with Gasteiger partial charge >= 0.3 is 6.08 Å². The predicted octanol–water partition coefficient (Wildman–Crippen LogP) is 4.48. The van der Waals surface area contributed by atoms with E-state index in [1.54, 1.807) is 0 Å². The van der Waals surface area contributed by atoms with Crippen LogP contribution in [0.3, 0.4) is 0 Å². The predicted molar refractivity (Wildman–Crippen MR) is 184 cm³/mol. The Bertz CT molecular complexity index is 2810. The molecule has 5 aromatic rings. The molecule has 0 spiro atoms. The first-order chi connectivity index (χ1) is 25.1. The Balaban J connectivity index is 1.46. The van der Waals surface area contributed by atoms with Crippen molar-refractivity contribution in [2.45, 2.75) is 14.7 Å². The molecule has 0 bridgehead atoms. The molecule has 7 N–H and O–H groups in total. The van der Waals surface area contributed by atoms with Gasteiger partial charge in [-0.2, -0.15) is 63.2 Å². The van der Waals surface area contributed by atoms with Crippen LogP contribution in [0.25, 0.3) is 10.8 Å². The van der Waals surface area contributed by atoms with Crippen LogP contribution in [-0.2, 0) is 40.5 Å². The van der Waals surface area contributed by atoms with Gasteiger partial charge in [0.05, 0.1) is 22.0 Å². The number of phenolic OH excluding ortho intramolecular Hbond substituents is 1. The summed E-state index contributed by atoms with van der Waals surface area (Å²) in [6.07, 6.45) is -1.29. The second-order valence-electron chi connectivity index (χ2n) is 10.6. The van der Waals surface area contributed by atoms with E-state index in [2.05, 4.69) is 46.0 Å². The zero-order chi connectivity index (χ0) is 39.6. The molecule has 284 valence electrons. The summed E-state index contributed by atoms with van der Waals surface area (Å²) in [4.78, 5) is 8.37. The van der Waals surface area contributed by atoms with Crippen LogP contribution in [0.1, 0.15) is 0 Å². The highest BCUT2D eigenvalue weighted by atomic mass is 32.2. The minimum atomic E-state index is -5.17. The number of rotatable bonds is 13. The lowest BCUT2D eigenvalue weighted by Crippen LogP contribution is -2.17. The van der Waals surface area contributed by atoms with Crippen molar-refractivity contribution in [3.05, 3.63) is 72.8 Å². The Morgan fingerprint density at radius 1 is 0.648 bits per heavy atom. The van der Waals surface area contributed by atoms with E-state index in [1.807, 2.05) is 0 Å². The molecule has 27 heteroatoms. The fourth-order valence-corrected chi connectivity index (χ4v) is 6.53. The van der Waals surface area contributed by atoms with Crippen molar-refractivity contribution >= 4 is 91.6 Å². The number of fused-ring (bicyclic) bond motifs is 1. The van der Waals surface area contributed by atoms with Crippen molar-refractivity contribution in [2.75, 3.05) is 22.9 Å². The SMILES string of the molecule is O=S(=O)(O)CCNc1nc(F)nc(Nc2ccc3c(O)c(N=Nc4ccc(N=Nc5ccc(S(=O)(=O)O)cc5)cc4S(=O)(=O)O)c(S(=O)(=O)O)cc3c2)n1. The molecule has 0 saturated heterocycles. The van der Waals surface area contributed by atoms with Gasteiger partial charge in [-0.15, -0.1) is 10.2 Å². The van der Waals surface area contributed by atoms with Gasteiger partial charge in [0.2, 0.25) is 11.9 Å². The minimum Gasteiger partial charge on any atom is -0.505 e. The normalized spacial score (nSPS) is 12.8. The van der Waals surface area contributed by atoms with E-state index < -0.39 is 96.0 Å². The summed E-state index contributed by atoms with van der Waals surface area (Å²) < 4.78 is 145. The zero-order valence-electron chi connectivity index (χ0n) is 26.4. The van der Waals surface area contributed by atoms with Gasteiger partial charge in [0.15, 0.2) is 5.75 Å². The summed E-state index contributed by atoms with van der Waals surface area (Å²) in [5.41, 5.74) is -1.42. The maximum absolute atomic E-state index is 14.0. The molecule has 0 radical (unpaired) electrons. The van der Waals surface area contributed by atoms with Crippen LogP contribution in [0.4, 0.5) is 44.7 Å². The fraction of sp³-hybridized carbons (Fsp3) is 0.0741. The first-order valence-electron chi connectivity index (χ1n) is 14.2. The average Bonchev–Trinajstić information content (AvgIpc) is 3.05. The summed E-state index contributed by atoms with van der Waals surface area (Å²) in [7, 11) is -19.0. The number of hydrogen-bond donors (Lipinski definition) is 7. The van der Waals surface area contributed by atoms with Crippen LogP contribution in [0, 0.1) is 6.08 Å². The third-order valence-electron chi connectivity index (χ3n) is 6.73. The lowest BCUT2D eigenvalue weighted by molar-refractivity contribution is 0.472. The number of hydrogen-bond acceptors (Lipinski definition) is 18. The number of anilines is 3. The van der Waals surface area contributed by atoms with E-state index >= 15 is 0 Å². The quantitative estimate of drug-likeness (QED) is 0.0635. The molecule has 1 heterocycles. The lowest BCUT2D eigenvalue weighted by atomic mass is 10.1. The van der Waals surface area contributed by atoms with Gasteiger partial charge < -0.3 is 15.7 Å². The van der Waals surface area contributed by atoms with E-state index in [4.69, 9.17) is 9.11 Å². The number of halogens is 1. The van der Waals surface area contributed by atoms with E-state index in [9.17, 15) is 52.3 Å². The summed E-state index contributed by atoms with van der Waals surface area (Å²) >= 11 is 0. The molecule has 0 unspecified atom stereocenters. The molecule has 54 heavy (non-hydrogen) atoms. The highest BCUT2D eigenvalue weighted by Gasteiger charge is 2.23. The highest BCUT2D eigenvalue weighted by Crippen LogP contribution is 2.43. The lowest BCUT2D eigenvalue weighted by Gasteiger charge is -2.11. The maximum Gasteiger partial charge on any atom is 0.315 e. The smallest absolute Gasteiger partial charge is 0.315 e.